The van der Waals surface area contributed by atoms with Crippen molar-refractivity contribution >= 4 is 5.91 Å². The molecule has 4 heteroatoms. The third-order valence-corrected chi connectivity index (χ3v) is 4.38. The maximum Gasteiger partial charge on any atom is 0.270 e. The molecule has 2 rings (SSSR count). The van der Waals surface area contributed by atoms with Crippen molar-refractivity contribution in [2.24, 2.45) is 0 Å². The SMILES string of the molecule is Cc1cc(C)nc(C(=O)NC2(C)CCN(C(C)C)CC2)c1. The standard InChI is InChI=1S/C17H27N3O/c1-12(2)20-8-6-17(5,7-9-20)19-16(21)15-11-13(3)10-14(4)18-15/h10-12H,6-9H2,1-5H3,(H,19,21). The van der Waals surface area contributed by atoms with E-state index in [2.05, 4.69) is 36.0 Å². The summed E-state index contributed by atoms with van der Waals surface area (Å²) in [6.45, 7) is 12.6. The fourth-order valence-corrected chi connectivity index (χ4v) is 2.95. The van der Waals surface area contributed by atoms with Crippen molar-refractivity contribution in [3.05, 3.63) is 29.1 Å². The van der Waals surface area contributed by atoms with Crippen LogP contribution in [0, 0.1) is 13.8 Å². The van der Waals surface area contributed by atoms with Crippen molar-refractivity contribution in [1.82, 2.24) is 15.2 Å². The van der Waals surface area contributed by atoms with Gasteiger partial charge in [-0.3, -0.25) is 4.79 Å². The number of aromatic nitrogens is 1. The number of pyridine rings is 1. The highest BCUT2D eigenvalue weighted by Crippen LogP contribution is 2.23. The van der Waals surface area contributed by atoms with Gasteiger partial charge in [0, 0.05) is 30.4 Å². The number of piperidine rings is 1. The van der Waals surface area contributed by atoms with Gasteiger partial charge in [-0.05, 0) is 65.2 Å². The molecule has 116 valence electrons. The Labute approximate surface area is 127 Å². The molecular weight excluding hydrogens is 262 g/mol. The minimum atomic E-state index is -0.123. The number of amides is 1. The van der Waals surface area contributed by atoms with Crippen LogP contribution in [0.2, 0.25) is 0 Å². The molecule has 1 amide bonds. The Morgan fingerprint density at radius 1 is 1.29 bits per heavy atom. The van der Waals surface area contributed by atoms with E-state index in [4.69, 9.17) is 0 Å². The second kappa shape index (κ2) is 6.14. The van der Waals surface area contributed by atoms with Crippen LogP contribution >= 0.6 is 0 Å². The second-order valence-corrected chi connectivity index (χ2v) is 6.82. The van der Waals surface area contributed by atoms with Crippen LogP contribution < -0.4 is 5.32 Å². The normalized spacial score (nSPS) is 18.8. The molecule has 21 heavy (non-hydrogen) atoms. The van der Waals surface area contributed by atoms with Crippen LogP contribution in [-0.4, -0.2) is 40.5 Å². The molecule has 1 aliphatic heterocycles. The molecule has 1 N–H and O–H groups in total. The Bertz CT molecular complexity index is 497. The number of carbonyl (C=O) groups excluding carboxylic acids is 1. The number of rotatable bonds is 3. The van der Waals surface area contributed by atoms with Gasteiger partial charge >= 0.3 is 0 Å². The Morgan fingerprint density at radius 3 is 2.43 bits per heavy atom. The van der Waals surface area contributed by atoms with E-state index in [1.807, 2.05) is 26.0 Å². The van der Waals surface area contributed by atoms with Crippen LogP contribution in [0.3, 0.4) is 0 Å². The smallest absolute Gasteiger partial charge is 0.270 e. The average Bonchev–Trinajstić information content (AvgIpc) is 2.37. The van der Waals surface area contributed by atoms with E-state index in [0.29, 0.717) is 11.7 Å². The molecule has 0 saturated carbocycles. The van der Waals surface area contributed by atoms with Crippen LogP contribution in [0.25, 0.3) is 0 Å². The molecule has 1 aliphatic rings. The lowest BCUT2D eigenvalue weighted by Crippen LogP contribution is -2.54. The summed E-state index contributed by atoms with van der Waals surface area (Å²) in [6.07, 6.45) is 1.98. The maximum atomic E-state index is 12.5. The zero-order chi connectivity index (χ0) is 15.6. The molecule has 0 radical (unpaired) electrons. The van der Waals surface area contributed by atoms with Gasteiger partial charge in [0.25, 0.3) is 5.91 Å². The molecule has 0 aliphatic carbocycles. The predicted molar refractivity (Wildman–Crippen MR) is 85.5 cm³/mol. The first kappa shape index (κ1) is 16.0. The number of hydrogen-bond acceptors (Lipinski definition) is 3. The predicted octanol–water partition coefficient (Wildman–Crippen LogP) is 2.69. The summed E-state index contributed by atoms with van der Waals surface area (Å²) in [5, 5.41) is 3.20. The van der Waals surface area contributed by atoms with E-state index in [-0.39, 0.29) is 11.4 Å². The van der Waals surface area contributed by atoms with Gasteiger partial charge in [0.15, 0.2) is 0 Å². The lowest BCUT2D eigenvalue weighted by Gasteiger charge is -2.41. The van der Waals surface area contributed by atoms with Crippen molar-refractivity contribution in [3.63, 3.8) is 0 Å². The molecule has 4 nitrogen and oxygen atoms in total. The van der Waals surface area contributed by atoms with E-state index < -0.39 is 0 Å². The van der Waals surface area contributed by atoms with E-state index in [1.54, 1.807) is 0 Å². The molecule has 1 aromatic rings. The van der Waals surface area contributed by atoms with Crippen molar-refractivity contribution in [1.29, 1.82) is 0 Å². The number of nitrogens with zero attached hydrogens (tertiary/aromatic N) is 2. The molecule has 1 aromatic heterocycles. The van der Waals surface area contributed by atoms with Crippen LogP contribution in [0.5, 0.6) is 0 Å². The summed E-state index contributed by atoms with van der Waals surface area (Å²) in [6, 6.07) is 4.42. The highest BCUT2D eigenvalue weighted by Gasteiger charge is 2.32. The lowest BCUT2D eigenvalue weighted by molar-refractivity contribution is 0.0796. The van der Waals surface area contributed by atoms with Crippen LogP contribution in [-0.2, 0) is 0 Å². The van der Waals surface area contributed by atoms with Gasteiger partial charge < -0.3 is 10.2 Å². The highest BCUT2D eigenvalue weighted by molar-refractivity contribution is 5.93. The molecule has 0 bridgehead atoms. The number of nitrogens with one attached hydrogen (secondary N) is 1. The average molecular weight is 289 g/mol. The molecule has 0 atom stereocenters. The van der Waals surface area contributed by atoms with Gasteiger partial charge in [-0.25, -0.2) is 4.98 Å². The van der Waals surface area contributed by atoms with Gasteiger partial charge in [0.1, 0.15) is 5.69 Å². The number of aryl methyl sites for hydroxylation is 2. The van der Waals surface area contributed by atoms with E-state index in [1.165, 1.54) is 0 Å². The Balaban J connectivity index is 2.02. The van der Waals surface area contributed by atoms with Gasteiger partial charge in [0.2, 0.25) is 0 Å². The third-order valence-electron chi connectivity index (χ3n) is 4.38. The molecule has 1 fully saturated rings. The van der Waals surface area contributed by atoms with Crippen molar-refractivity contribution < 1.29 is 4.79 Å². The van der Waals surface area contributed by atoms with Crippen LogP contribution in [0.1, 0.15) is 55.4 Å². The summed E-state index contributed by atoms with van der Waals surface area (Å²) < 4.78 is 0. The number of carbonyl (C=O) groups is 1. The van der Waals surface area contributed by atoms with Crippen LogP contribution in [0.15, 0.2) is 12.1 Å². The fraction of sp³-hybridized carbons (Fsp3) is 0.647. The first-order chi connectivity index (χ1) is 9.79. The van der Waals surface area contributed by atoms with E-state index in [9.17, 15) is 4.79 Å². The van der Waals surface area contributed by atoms with Crippen molar-refractivity contribution in [2.45, 2.75) is 59.0 Å². The van der Waals surface area contributed by atoms with Gasteiger partial charge in [0.05, 0.1) is 0 Å². The molecule has 2 heterocycles. The van der Waals surface area contributed by atoms with Crippen molar-refractivity contribution in [3.8, 4) is 0 Å². The van der Waals surface area contributed by atoms with Gasteiger partial charge in [-0.1, -0.05) is 0 Å². The van der Waals surface area contributed by atoms with Crippen molar-refractivity contribution in [2.75, 3.05) is 13.1 Å². The Morgan fingerprint density at radius 2 is 1.90 bits per heavy atom. The zero-order valence-corrected chi connectivity index (χ0v) is 13.9. The van der Waals surface area contributed by atoms with E-state index >= 15 is 0 Å². The summed E-state index contributed by atoms with van der Waals surface area (Å²) in [7, 11) is 0. The minimum Gasteiger partial charge on any atom is -0.345 e. The fourth-order valence-electron chi connectivity index (χ4n) is 2.95. The summed E-state index contributed by atoms with van der Waals surface area (Å²) in [4.78, 5) is 19.3. The minimum absolute atomic E-state index is 0.0534. The summed E-state index contributed by atoms with van der Waals surface area (Å²) in [5.41, 5.74) is 2.37. The zero-order valence-electron chi connectivity index (χ0n) is 13.9. The van der Waals surface area contributed by atoms with E-state index in [0.717, 1.165) is 37.2 Å². The maximum absolute atomic E-state index is 12.5. The van der Waals surface area contributed by atoms with Crippen LogP contribution in [0.4, 0.5) is 0 Å². The van der Waals surface area contributed by atoms with Gasteiger partial charge in [-0.15, -0.1) is 0 Å². The third kappa shape index (κ3) is 4.03. The molecule has 0 unspecified atom stereocenters. The largest absolute Gasteiger partial charge is 0.345 e. The molecular formula is C17H27N3O. The lowest BCUT2D eigenvalue weighted by atomic mass is 9.89. The Hall–Kier alpha value is -1.42. The second-order valence-electron chi connectivity index (χ2n) is 6.82. The summed E-state index contributed by atoms with van der Waals surface area (Å²) >= 11 is 0. The monoisotopic (exact) mass is 289 g/mol. The quantitative estimate of drug-likeness (QED) is 0.930. The first-order valence-corrected chi connectivity index (χ1v) is 7.81. The number of likely N-dealkylation sites (tertiary alicyclic amines) is 1. The summed E-state index contributed by atoms with van der Waals surface area (Å²) in [5.74, 6) is -0.0534. The Kier molecular flexibility index (Phi) is 4.67. The molecule has 0 spiro atoms. The molecule has 0 aromatic carbocycles. The highest BCUT2D eigenvalue weighted by atomic mass is 16.2. The number of hydrogen-bond donors (Lipinski definition) is 1. The topological polar surface area (TPSA) is 45.2 Å². The van der Waals surface area contributed by atoms with Gasteiger partial charge in [-0.2, -0.15) is 0 Å². The first-order valence-electron chi connectivity index (χ1n) is 7.81. The molecule has 1 saturated heterocycles.